The minimum atomic E-state index is 0.166. The average molecular weight is 412 g/mol. The number of nitrogens with one attached hydrogen (secondary N) is 1. The van der Waals surface area contributed by atoms with Gasteiger partial charge in [-0.3, -0.25) is 5.41 Å². The van der Waals surface area contributed by atoms with Gasteiger partial charge in [0.1, 0.15) is 24.6 Å². The van der Waals surface area contributed by atoms with Gasteiger partial charge in [-0.15, -0.1) is 0 Å². The van der Waals surface area contributed by atoms with Crippen LogP contribution in [-0.4, -0.2) is 42.5 Å². The van der Waals surface area contributed by atoms with Crippen LogP contribution >= 0.6 is 0 Å². The first-order chi connectivity index (χ1) is 14.6. The Morgan fingerprint density at radius 1 is 1.17 bits per heavy atom. The fourth-order valence-electron chi connectivity index (χ4n) is 3.46. The van der Waals surface area contributed by atoms with Crippen LogP contribution in [0.1, 0.15) is 37.7 Å². The molecule has 0 bridgehead atoms. The van der Waals surface area contributed by atoms with Crippen molar-refractivity contribution in [3.8, 4) is 17.4 Å². The van der Waals surface area contributed by atoms with E-state index >= 15 is 0 Å². The number of amidine groups is 1. The Morgan fingerprint density at radius 2 is 1.93 bits per heavy atom. The molecule has 1 aromatic carbocycles. The summed E-state index contributed by atoms with van der Waals surface area (Å²) in [5.74, 6) is 2.31. The minimum Gasteiger partial charge on any atom is -0.493 e. The molecule has 30 heavy (non-hydrogen) atoms. The standard InChI is InChI=1S/C21H28N6O3/c1-28-17-9-8-15(10-18(17)29-2)11-19(23)27(26-13-22)20-12-21(25-14-24-20)30-16-6-4-3-5-7-16/h8-10,12-14,16,23H,3-7,11H2,1-2H3,(H2,22,26). The second kappa shape index (κ2) is 10.4. The molecule has 3 rings (SSSR count). The summed E-state index contributed by atoms with van der Waals surface area (Å²) in [7, 11) is 3.16. The number of hydrogen-bond donors (Lipinski definition) is 2. The summed E-state index contributed by atoms with van der Waals surface area (Å²) >= 11 is 0. The van der Waals surface area contributed by atoms with Crippen molar-refractivity contribution in [2.45, 2.75) is 44.6 Å². The Bertz CT molecular complexity index is 883. The van der Waals surface area contributed by atoms with Crippen molar-refractivity contribution in [1.29, 1.82) is 5.41 Å². The highest BCUT2D eigenvalue weighted by Crippen LogP contribution is 2.28. The van der Waals surface area contributed by atoms with E-state index in [0.717, 1.165) is 24.7 Å². The number of nitrogens with two attached hydrogens (primary N) is 1. The molecule has 9 heteroatoms. The zero-order chi connectivity index (χ0) is 21.3. The minimum absolute atomic E-state index is 0.166. The molecule has 2 aromatic rings. The smallest absolute Gasteiger partial charge is 0.218 e. The molecule has 160 valence electrons. The molecule has 0 amide bonds. The van der Waals surface area contributed by atoms with E-state index in [-0.39, 0.29) is 11.9 Å². The molecule has 9 nitrogen and oxygen atoms in total. The van der Waals surface area contributed by atoms with Gasteiger partial charge in [0.15, 0.2) is 17.3 Å². The maximum atomic E-state index is 8.56. The van der Waals surface area contributed by atoms with Gasteiger partial charge in [0, 0.05) is 12.5 Å². The highest BCUT2D eigenvalue weighted by Gasteiger charge is 2.19. The van der Waals surface area contributed by atoms with Crippen molar-refractivity contribution in [2.24, 2.45) is 10.8 Å². The second-order valence-corrected chi connectivity index (χ2v) is 6.98. The molecule has 0 radical (unpaired) electrons. The van der Waals surface area contributed by atoms with Gasteiger partial charge in [-0.1, -0.05) is 12.5 Å². The molecule has 0 spiro atoms. The third kappa shape index (κ3) is 5.37. The summed E-state index contributed by atoms with van der Waals surface area (Å²) in [4.78, 5) is 8.47. The fraction of sp³-hybridized carbons (Fsp3) is 0.429. The summed E-state index contributed by atoms with van der Waals surface area (Å²) < 4.78 is 16.6. The highest BCUT2D eigenvalue weighted by molar-refractivity contribution is 5.96. The van der Waals surface area contributed by atoms with E-state index in [0.29, 0.717) is 29.6 Å². The van der Waals surface area contributed by atoms with E-state index in [1.165, 1.54) is 30.6 Å². The van der Waals surface area contributed by atoms with Crippen LogP contribution in [0.4, 0.5) is 5.82 Å². The van der Waals surface area contributed by atoms with E-state index in [9.17, 15) is 0 Å². The third-order valence-corrected chi connectivity index (χ3v) is 4.94. The first-order valence-electron chi connectivity index (χ1n) is 9.96. The maximum absolute atomic E-state index is 8.56. The number of methoxy groups -OCH3 is 2. The first kappa shape index (κ1) is 21.4. The van der Waals surface area contributed by atoms with Crippen LogP contribution in [0.15, 0.2) is 35.7 Å². The molecule has 1 fully saturated rings. The van der Waals surface area contributed by atoms with E-state index in [1.54, 1.807) is 26.4 Å². The van der Waals surface area contributed by atoms with Gasteiger partial charge in [0.25, 0.3) is 0 Å². The predicted octanol–water partition coefficient (Wildman–Crippen LogP) is 3.13. The fourth-order valence-corrected chi connectivity index (χ4v) is 3.46. The Labute approximate surface area is 176 Å². The lowest BCUT2D eigenvalue weighted by atomic mass is 9.98. The van der Waals surface area contributed by atoms with Crippen molar-refractivity contribution in [2.75, 3.05) is 19.2 Å². The quantitative estimate of drug-likeness (QED) is 0.388. The topological polar surface area (TPSA) is 119 Å². The van der Waals surface area contributed by atoms with Crippen molar-refractivity contribution < 1.29 is 14.2 Å². The number of anilines is 1. The van der Waals surface area contributed by atoms with Gasteiger partial charge in [-0.2, -0.15) is 10.1 Å². The number of hydrazone groups is 1. The molecule has 1 aromatic heterocycles. The lowest BCUT2D eigenvalue weighted by Gasteiger charge is -2.23. The van der Waals surface area contributed by atoms with Crippen molar-refractivity contribution in [3.05, 3.63) is 36.2 Å². The molecule has 0 unspecified atom stereocenters. The van der Waals surface area contributed by atoms with E-state index in [1.807, 2.05) is 12.1 Å². The van der Waals surface area contributed by atoms with E-state index in [4.69, 9.17) is 25.4 Å². The summed E-state index contributed by atoms with van der Waals surface area (Å²) in [5.41, 5.74) is 6.39. The van der Waals surface area contributed by atoms with E-state index < -0.39 is 0 Å². The van der Waals surface area contributed by atoms with Gasteiger partial charge < -0.3 is 19.9 Å². The normalized spacial score (nSPS) is 14.5. The van der Waals surface area contributed by atoms with Crippen LogP contribution in [0, 0.1) is 5.41 Å². The van der Waals surface area contributed by atoms with Crippen LogP contribution in [0.25, 0.3) is 0 Å². The van der Waals surface area contributed by atoms with E-state index in [2.05, 4.69) is 15.1 Å². The Morgan fingerprint density at radius 3 is 2.63 bits per heavy atom. The zero-order valence-electron chi connectivity index (χ0n) is 17.4. The highest BCUT2D eigenvalue weighted by atomic mass is 16.5. The summed E-state index contributed by atoms with van der Waals surface area (Å²) in [6.07, 6.45) is 8.65. The van der Waals surface area contributed by atoms with Crippen molar-refractivity contribution >= 4 is 18.0 Å². The number of rotatable bonds is 8. The largest absolute Gasteiger partial charge is 0.493 e. The lowest BCUT2D eigenvalue weighted by molar-refractivity contribution is 0.148. The monoisotopic (exact) mass is 412 g/mol. The molecule has 0 atom stereocenters. The van der Waals surface area contributed by atoms with Crippen LogP contribution in [0.5, 0.6) is 17.4 Å². The van der Waals surface area contributed by atoms with Gasteiger partial charge in [0.2, 0.25) is 5.88 Å². The molecule has 0 saturated heterocycles. The third-order valence-electron chi connectivity index (χ3n) is 4.94. The molecule has 1 saturated carbocycles. The number of hydrogen-bond acceptors (Lipinski definition) is 7. The van der Waals surface area contributed by atoms with Gasteiger partial charge in [0.05, 0.1) is 14.2 Å². The Balaban J connectivity index is 1.76. The van der Waals surface area contributed by atoms with Crippen molar-refractivity contribution in [1.82, 2.24) is 9.97 Å². The van der Waals surface area contributed by atoms with Crippen molar-refractivity contribution in [3.63, 3.8) is 0 Å². The average Bonchev–Trinajstić information content (AvgIpc) is 2.78. The number of ether oxygens (including phenoxy) is 3. The molecule has 1 heterocycles. The maximum Gasteiger partial charge on any atom is 0.218 e. The molecular weight excluding hydrogens is 384 g/mol. The molecule has 0 aliphatic heterocycles. The summed E-state index contributed by atoms with van der Waals surface area (Å²) in [6.45, 7) is 0. The predicted molar refractivity (Wildman–Crippen MR) is 116 cm³/mol. The molecule has 1 aliphatic carbocycles. The number of benzene rings is 1. The molecule has 3 N–H and O–H groups in total. The van der Waals surface area contributed by atoms with Crippen LogP contribution in [0.2, 0.25) is 0 Å². The summed E-state index contributed by atoms with van der Waals surface area (Å²) in [6, 6.07) is 7.19. The number of aromatic nitrogens is 2. The lowest BCUT2D eigenvalue weighted by Crippen LogP contribution is -2.28. The van der Waals surface area contributed by atoms with Gasteiger partial charge in [-0.25, -0.2) is 9.97 Å². The Hall–Kier alpha value is -3.36. The van der Waals surface area contributed by atoms with Crippen LogP contribution in [-0.2, 0) is 6.42 Å². The zero-order valence-corrected chi connectivity index (χ0v) is 17.4. The molecule has 1 aliphatic rings. The van der Waals surface area contributed by atoms with Gasteiger partial charge >= 0.3 is 0 Å². The van der Waals surface area contributed by atoms with Gasteiger partial charge in [-0.05, 0) is 43.4 Å². The first-order valence-corrected chi connectivity index (χ1v) is 9.96. The summed E-state index contributed by atoms with van der Waals surface area (Å²) in [5, 5.41) is 14.0. The Kier molecular flexibility index (Phi) is 7.42. The number of nitrogens with zero attached hydrogens (tertiary/aromatic N) is 4. The van der Waals surface area contributed by atoms with Crippen LogP contribution in [0.3, 0.4) is 0 Å². The molecular formula is C21H28N6O3. The SMILES string of the molecule is COc1ccc(CC(=N)N(/N=C/N)c2cc(OC3CCCCC3)ncn2)cc1OC. The second-order valence-electron chi connectivity index (χ2n) is 6.98. The van der Waals surface area contributed by atoms with Crippen LogP contribution < -0.4 is 25.0 Å².